The van der Waals surface area contributed by atoms with Gasteiger partial charge in [-0.2, -0.15) is 5.26 Å². The number of ether oxygens (including phenoxy) is 1. The molecule has 0 fully saturated rings. The Labute approximate surface area is 258 Å². The molecule has 1 aromatic heterocycles. The van der Waals surface area contributed by atoms with Crippen LogP contribution in [0.4, 0.5) is 11.6 Å². The summed E-state index contributed by atoms with van der Waals surface area (Å²) in [5.74, 6) is 5.86. The maximum Gasteiger partial charge on any atom is 0.348 e. The van der Waals surface area contributed by atoms with Crippen molar-refractivity contribution in [1.82, 2.24) is 14.3 Å². The predicted molar refractivity (Wildman–Crippen MR) is 168 cm³/mol. The van der Waals surface area contributed by atoms with Gasteiger partial charge in [-0.05, 0) is 61.6 Å². The molecule has 1 atom stereocenters. The van der Waals surface area contributed by atoms with Gasteiger partial charge >= 0.3 is 11.7 Å². The number of hydrogen-bond donors (Lipinski definition) is 0. The van der Waals surface area contributed by atoms with Crippen LogP contribution in [-0.4, -0.2) is 80.0 Å². The predicted octanol–water partition coefficient (Wildman–Crippen LogP) is 2.91. The van der Waals surface area contributed by atoms with Crippen molar-refractivity contribution < 1.29 is 22.4 Å². The summed E-state index contributed by atoms with van der Waals surface area (Å²) in [5, 5.41) is 14.3. The van der Waals surface area contributed by atoms with Crippen molar-refractivity contribution in [2.24, 2.45) is 0 Å². The monoisotopic (exact) mass is 617 g/mol. The van der Waals surface area contributed by atoms with Crippen LogP contribution in [0.1, 0.15) is 41.6 Å². The van der Waals surface area contributed by atoms with Gasteiger partial charge in [0.25, 0.3) is 0 Å². The number of carbonyl (C=O) groups excluding carboxylic acids is 1. The Hall–Kier alpha value is -4.65. The molecule has 0 bridgehead atoms. The summed E-state index contributed by atoms with van der Waals surface area (Å²) in [6, 6.07) is 13.7. The van der Waals surface area contributed by atoms with Crippen LogP contribution in [0.3, 0.4) is 0 Å². The van der Waals surface area contributed by atoms with E-state index in [4.69, 9.17) is 4.74 Å². The van der Waals surface area contributed by atoms with Crippen LogP contribution in [0.5, 0.6) is 0 Å². The molecule has 0 saturated heterocycles. The number of rotatable bonds is 8. The first-order valence-corrected chi connectivity index (χ1v) is 16.1. The number of fused-ring (bicyclic) bond motifs is 1. The summed E-state index contributed by atoms with van der Waals surface area (Å²) in [7, 11) is 4.05. The Morgan fingerprint density at radius 1 is 1.14 bits per heavy atom. The highest BCUT2D eigenvalue weighted by Crippen LogP contribution is 2.42. The van der Waals surface area contributed by atoms with E-state index in [2.05, 4.69) is 23.0 Å². The average molecular weight is 618 g/mol. The molecule has 1 unspecified atom stereocenters. The molecule has 1 aliphatic heterocycles. The zero-order valence-corrected chi connectivity index (χ0v) is 26.9. The molecule has 3 aromatic rings. The van der Waals surface area contributed by atoms with E-state index >= 15 is 0 Å². The molecular formula is C32H37N6O5S+. The number of anilines is 2. The van der Waals surface area contributed by atoms with Gasteiger partial charge in [-0.15, -0.1) is 5.10 Å². The van der Waals surface area contributed by atoms with Gasteiger partial charge in [0.1, 0.15) is 22.4 Å². The van der Waals surface area contributed by atoms with E-state index < -0.39 is 27.5 Å². The number of hydrogen-bond acceptors (Lipinski definition) is 8. The second-order valence-corrected chi connectivity index (χ2v) is 14.2. The molecular weight excluding hydrogens is 580 g/mol. The van der Waals surface area contributed by atoms with Gasteiger partial charge in [0.05, 0.1) is 51.2 Å². The number of sulfone groups is 1. The largest absolute Gasteiger partial charge is 0.466 e. The maximum atomic E-state index is 14.2. The number of carbonyl (C=O) groups is 1. The Bertz CT molecular complexity index is 1910. The van der Waals surface area contributed by atoms with E-state index in [0.29, 0.717) is 39.1 Å². The third-order valence-corrected chi connectivity index (χ3v) is 8.14. The highest BCUT2D eigenvalue weighted by molar-refractivity contribution is 7.90. The number of methoxy groups -OCH3 is 1. The lowest BCUT2D eigenvalue weighted by Crippen LogP contribution is -2.38. The van der Waals surface area contributed by atoms with E-state index in [1.54, 1.807) is 30.0 Å². The number of nitrogens with zero attached hydrogens (tertiary/aromatic N) is 6. The Morgan fingerprint density at radius 2 is 1.86 bits per heavy atom. The van der Waals surface area contributed by atoms with Crippen molar-refractivity contribution >= 4 is 27.4 Å². The van der Waals surface area contributed by atoms with E-state index in [1.807, 2.05) is 52.3 Å². The molecule has 12 heteroatoms. The lowest BCUT2D eigenvalue weighted by Gasteiger charge is -2.35. The van der Waals surface area contributed by atoms with Crippen LogP contribution in [0.15, 0.2) is 58.5 Å². The average Bonchev–Trinajstić information content (AvgIpc) is 3.25. The summed E-state index contributed by atoms with van der Waals surface area (Å²) >= 11 is 0. The zero-order chi connectivity index (χ0) is 32.4. The zero-order valence-electron chi connectivity index (χ0n) is 26.1. The number of esters is 1. The molecule has 0 saturated carbocycles. The van der Waals surface area contributed by atoms with Gasteiger partial charge in [-0.3, -0.25) is 4.90 Å². The minimum atomic E-state index is -3.26. The van der Waals surface area contributed by atoms with Crippen LogP contribution in [0, 0.1) is 30.1 Å². The SMILES string of the molecule is COC(=O)C1=C(C)N(c2cccc(C)c2)c2nn(CCCS(C)(=O)=O)c(=O)n2C1c1ccc(C#N)cc1C#CC[N+](C)(C)C. The first-order chi connectivity index (χ1) is 20.6. The fourth-order valence-electron chi connectivity index (χ4n) is 5.09. The molecule has 0 amide bonds. The molecule has 1 aliphatic rings. The molecule has 4 rings (SSSR count). The van der Waals surface area contributed by atoms with E-state index in [1.165, 1.54) is 16.4 Å². The van der Waals surface area contributed by atoms with Crippen LogP contribution < -0.4 is 10.6 Å². The highest BCUT2D eigenvalue weighted by Gasteiger charge is 2.41. The van der Waals surface area contributed by atoms with E-state index in [9.17, 15) is 23.3 Å². The van der Waals surface area contributed by atoms with Crippen molar-refractivity contribution in [3.05, 3.63) is 86.5 Å². The lowest BCUT2D eigenvalue weighted by atomic mass is 9.90. The lowest BCUT2D eigenvalue weighted by molar-refractivity contribution is -0.862. The van der Waals surface area contributed by atoms with Gasteiger partial charge in [0.2, 0.25) is 5.95 Å². The summed E-state index contributed by atoms with van der Waals surface area (Å²) in [5.41, 5.74) is 3.22. The Balaban J connectivity index is 2.04. The number of benzene rings is 2. The second kappa shape index (κ2) is 12.5. The second-order valence-electron chi connectivity index (χ2n) is 11.9. The van der Waals surface area contributed by atoms with Crippen LogP contribution >= 0.6 is 0 Å². The first-order valence-electron chi connectivity index (χ1n) is 14.0. The van der Waals surface area contributed by atoms with Crippen molar-refractivity contribution in [2.75, 3.05) is 51.7 Å². The number of aryl methyl sites for hydroxylation is 2. The van der Waals surface area contributed by atoms with E-state index in [0.717, 1.165) is 11.8 Å². The van der Waals surface area contributed by atoms with Crippen LogP contribution in [0.2, 0.25) is 0 Å². The molecule has 11 nitrogen and oxygen atoms in total. The van der Waals surface area contributed by atoms with Crippen molar-refractivity contribution in [2.45, 2.75) is 32.9 Å². The standard InChI is InChI=1S/C32H37N6O5S/c1-22-11-8-13-26(19-22)36-23(2)28(30(39)43-6)29(37-31(36)34-35(32(37)40)16-10-18-44(7,41)42)27-15-14-24(21-33)20-25(27)12-9-17-38(3,4)5/h8,11,13-15,19-20,29H,10,16-18H2,1-7H3/q+1. The minimum Gasteiger partial charge on any atom is -0.466 e. The molecule has 44 heavy (non-hydrogen) atoms. The topological polar surface area (TPSA) is 127 Å². The highest BCUT2D eigenvalue weighted by atomic mass is 32.2. The van der Waals surface area contributed by atoms with Crippen molar-refractivity contribution in [3.8, 4) is 17.9 Å². The smallest absolute Gasteiger partial charge is 0.348 e. The molecule has 0 N–H and O–H groups in total. The van der Waals surface area contributed by atoms with Crippen LogP contribution in [0.25, 0.3) is 0 Å². The molecule has 0 radical (unpaired) electrons. The van der Waals surface area contributed by atoms with Gasteiger partial charge in [-0.1, -0.05) is 24.1 Å². The van der Waals surface area contributed by atoms with Crippen molar-refractivity contribution in [3.63, 3.8) is 0 Å². The first kappa shape index (κ1) is 32.3. The molecule has 230 valence electrons. The molecule has 2 heterocycles. The number of allylic oxidation sites excluding steroid dienone is 1. The summed E-state index contributed by atoms with van der Waals surface area (Å²) < 4.78 is 32.2. The van der Waals surface area contributed by atoms with Crippen molar-refractivity contribution in [1.29, 1.82) is 5.26 Å². The van der Waals surface area contributed by atoms with Gasteiger partial charge in [-0.25, -0.2) is 27.3 Å². The maximum absolute atomic E-state index is 14.2. The van der Waals surface area contributed by atoms with Crippen LogP contribution in [-0.2, 0) is 25.9 Å². The van der Waals surface area contributed by atoms with Gasteiger partial charge in [0, 0.05) is 29.7 Å². The summed E-state index contributed by atoms with van der Waals surface area (Å²) in [4.78, 5) is 29.5. The third kappa shape index (κ3) is 6.94. The summed E-state index contributed by atoms with van der Waals surface area (Å²) in [6.07, 6.45) is 1.32. The number of nitriles is 1. The minimum absolute atomic E-state index is 0.0520. The number of quaternary nitrogens is 1. The number of aromatic nitrogens is 3. The quantitative estimate of drug-likeness (QED) is 0.215. The normalized spacial score (nSPS) is 14.9. The fourth-order valence-corrected chi connectivity index (χ4v) is 5.74. The molecule has 2 aromatic carbocycles. The fraction of sp³-hybridized carbons (Fsp3) is 0.375. The van der Waals surface area contributed by atoms with E-state index in [-0.39, 0.29) is 30.2 Å². The third-order valence-electron chi connectivity index (χ3n) is 7.11. The Morgan fingerprint density at radius 3 is 2.48 bits per heavy atom. The van der Waals surface area contributed by atoms with Gasteiger partial charge in [0.15, 0.2) is 0 Å². The van der Waals surface area contributed by atoms with Gasteiger partial charge < -0.3 is 9.22 Å². The molecule has 0 spiro atoms. The summed E-state index contributed by atoms with van der Waals surface area (Å²) in [6.45, 7) is 4.27. The molecule has 0 aliphatic carbocycles. The Kier molecular flexibility index (Phi) is 9.19.